The monoisotopic (exact) mass is 229 g/mol. The molecule has 0 radical (unpaired) electrons. The highest BCUT2D eigenvalue weighted by atomic mass is 32.2. The minimum Gasteiger partial charge on any atom is -0.385 e. The molecule has 0 fully saturated rings. The van der Waals surface area contributed by atoms with E-state index >= 15 is 0 Å². The number of aromatic amines is 1. The van der Waals surface area contributed by atoms with Crippen LogP contribution in [0.15, 0.2) is 22.6 Å². The van der Waals surface area contributed by atoms with Gasteiger partial charge in [-0.1, -0.05) is 17.8 Å². The second-order valence-electron chi connectivity index (χ2n) is 2.91. The summed E-state index contributed by atoms with van der Waals surface area (Å²) >= 11 is 1.49. The van der Waals surface area contributed by atoms with Gasteiger partial charge < -0.3 is 4.74 Å². The summed E-state index contributed by atoms with van der Waals surface area (Å²) in [6, 6.07) is 0. The predicted molar refractivity (Wildman–Crippen MR) is 60.3 cm³/mol. The Morgan fingerprint density at radius 1 is 1.73 bits per heavy atom. The van der Waals surface area contributed by atoms with Gasteiger partial charge in [0.15, 0.2) is 5.16 Å². The largest absolute Gasteiger partial charge is 0.385 e. The lowest BCUT2D eigenvalue weighted by molar-refractivity contribution is 0.189. The Bertz CT molecular complexity index is 358. The van der Waals surface area contributed by atoms with Gasteiger partial charge >= 0.3 is 5.69 Å². The third-order valence-corrected chi connectivity index (χ3v) is 2.76. The number of nitrogens with zero attached hydrogens (tertiary/aromatic N) is 2. The molecule has 0 unspecified atom stereocenters. The van der Waals surface area contributed by atoms with Gasteiger partial charge in [-0.05, 0) is 6.42 Å². The van der Waals surface area contributed by atoms with E-state index in [4.69, 9.17) is 4.74 Å². The highest BCUT2D eigenvalue weighted by molar-refractivity contribution is 7.99. The number of nitrogens with one attached hydrogen (secondary N) is 1. The standard InChI is InChI=1S/C9H15N3O2S/c1-3-7-15-9-11-10-8(13)12(9)5-4-6-14-2/h3H,1,4-7H2,2H3,(H,10,13). The first-order chi connectivity index (χ1) is 7.29. The molecular weight excluding hydrogens is 214 g/mol. The van der Waals surface area contributed by atoms with Crippen molar-refractivity contribution in [2.75, 3.05) is 19.5 Å². The predicted octanol–water partition coefficient (Wildman–Crippen LogP) is 0.886. The molecule has 1 aromatic rings. The molecule has 1 N–H and O–H groups in total. The van der Waals surface area contributed by atoms with Gasteiger partial charge in [-0.3, -0.25) is 4.57 Å². The van der Waals surface area contributed by atoms with Gasteiger partial charge in [-0.15, -0.1) is 11.7 Å². The number of thioether (sulfide) groups is 1. The average molecular weight is 229 g/mol. The highest BCUT2D eigenvalue weighted by Crippen LogP contribution is 2.12. The summed E-state index contributed by atoms with van der Waals surface area (Å²) in [5.41, 5.74) is -0.169. The van der Waals surface area contributed by atoms with Gasteiger partial charge in [0.25, 0.3) is 0 Å². The first kappa shape index (κ1) is 12.1. The van der Waals surface area contributed by atoms with Crippen molar-refractivity contribution in [1.82, 2.24) is 14.8 Å². The van der Waals surface area contributed by atoms with Crippen molar-refractivity contribution < 1.29 is 4.74 Å². The lowest BCUT2D eigenvalue weighted by Gasteiger charge is -2.03. The number of hydrogen-bond acceptors (Lipinski definition) is 4. The quantitative estimate of drug-likeness (QED) is 0.428. The molecule has 0 aliphatic rings. The second kappa shape index (κ2) is 6.47. The van der Waals surface area contributed by atoms with E-state index in [1.54, 1.807) is 17.8 Å². The molecule has 0 amide bonds. The Kier molecular flexibility index (Phi) is 5.20. The number of aromatic nitrogens is 3. The summed E-state index contributed by atoms with van der Waals surface area (Å²) < 4.78 is 6.55. The first-order valence-corrected chi connectivity index (χ1v) is 5.66. The van der Waals surface area contributed by atoms with Crippen molar-refractivity contribution in [3.8, 4) is 0 Å². The Labute approximate surface area is 92.5 Å². The van der Waals surface area contributed by atoms with Gasteiger partial charge in [0.1, 0.15) is 0 Å². The zero-order valence-electron chi connectivity index (χ0n) is 8.73. The van der Waals surface area contributed by atoms with Crippen LogP contribution in [0.25, 0.3) is 0 Å². The van der Waals surface area contributed by atoms with Crippen LogP contribution < -0.4 is 5.69 Å². The minimum absolute atomic E-state index is 0.169. The number of H-pyrrole nitrogens is 1. The van der Waals surface area contributed by atoms with Crippen LogP contribution in [0.5, 0.6) is 0 Å². The topological polar surface area (TPSA) is 59.9 Å². The number of methoxy groups -OCH3 is 1. The molecule has 1 rings (SSSR count). The molecular formula is C9H15N3O2S. The summed E-state index contributed by atoms with van der Waals surface area (Å²) in [6.45, 7) is 4.89. The van der Waals surface area contributed by atoms with Crippen LogP contribution in [0.3, 0.4) is 0 Å². The molecule has 0 spiro atoms. The van der Waals surface area contributed by atoms with Crippen LogP contribution in [-0.4, -0.2) is 34.2 Å². The van der Waals surface area contributed by atoms with E-state index in [1.807, 2.05) is 0 Å². The molecule has 0 bridgehead atoms. The fourth-order valence-corrected chi connectivity index (χ4v) is 1.82. The van der Waals surface area contributed by atoms with Crippen molar-refractivity contribution in [1.29, 1.82) is 0 Å². The van der Waals surface area contributed by atoms with Crippen molar-refractivity contribution in [3.63, 3.8) is 0 Å². The zero-order chi connectivity index (χ0) is 11.1. The third-order valence-electron chi connectivity index (χ3n) is 1.78. The van der Waals surface area contributed by atoms with Crippen molar-refractivity contribution in [2.24, 2.45) is 0 Å². The van der Waals surface area contributed by atoms with E-state index in [9.17, 15) is 4.79 Å². The van der Waals surface area contributed by atoms with Crippen LogP contribution in [0, 0.1) is 0 Å². The van der Waals surface area contributed by atoms with Gasteiger partial charge in [-0.2, -0.15) is 0 Å². The Balaban J connectivity index is 2.62. The van der Waals surface area contributed by atoms with E-state index in [0.717, 1.165) is 12.2 Å². The Morgan fingerprint density at radius 3 is 3.20 bits per heavy atom. The Morgan fingerprint density at radius 2 is 2.53 bits per heavy atom. The molecule has 15 heavy (non-hydrogen) atoms. The maximum atomic E-state index is 11.4. The fraction of sp³-hybridized carbons (Fsp3) is 0.556. The molecule has 0 aliphatic heterocycles. The average Bonchev–Trinajstić information content (AvgIpc) is 2.58. The first-order valence-electron chi connectivity index (χ1n) is 4.67. The maximum Gasteiger partial charge on any atom is 0.343 e. The summed E-state index contributed by atoms with van der Waals surface area (Å²) in [4.78, 5) is 11.4. The van der Waals surface area contributed by atoms with Crippen molar-refractivity contribution in [2.45, 2.75) is 18.1 Å². The van der Waals surface area contributed by atoms with E-state index in [-0.39, 0.29) is 5.69 Å². The molecule has 5 nitrogen and oxygen atoms in total. The lowest BCUT2D eigenvalue weighted by Crippen LogP contribution is -2.18. The lowest BCUT2D eigenvalue weighted by atomic mass is 10.4. The van der Waals surface area contributed by atoms with Gasteiger partial charge in [0.2, 0.25) is 0 Å². The van der Waals surface area contributed by atoms with Crippen LogP contribution in [0.2, 0.25) is 0 Å². The van der Waals surface area contributed by atoms with Crippen molar-refractivity contribution >= 4 is 11.8 Å². The number of ether oxygens (including phenoxy) is 1. The van der Waals surface area contributed by atoms with Crippen molar-refractivity contribution in [3.05, 3.63) is 23.1 Å². The molecule has 0 aromatic carbocycles. The third kappa shape index (κ3) is 3.56. The molecule has 84 valence electrons. The molecule has 0 atom stereocenters. The van der Waals surface area contributed by atoms with Crippen LogP contribution in [-0.2, 0) is 11.3 Å². The van der Waals surface area contributed by atoms with E-state index in [1.165, 1.54) is 11.8 Å². The van der Waals surface area contributed by atoms with E-state index in [0.29, 0.717) is 18.3 Å². The zero-order valence-corrected chi connectivity index (χ0v) is 9.55. The molecule has 1 heterocycles. The maximum absolute atomic E-state index is 11.4. The normalized spacial score (nSPS) is 10.5. The van der Waals surface area contributed by atoms with Crippen LogP contribution in [0.1, 0.15) is 6.42 Å². The minimum atomic E-state index is -0.169. The summed E-state index contributed by atoms with van der Waals surface area (Å²) in [5.74, 6) is 0.745. The Hall–Kier alpha value is -1.01. The molecule has 0 aliphatic carbocycles. The van der Waals surface area contributed by atoms with Gasteiger partial charge in [0, 0.05) is 26.0 Å². The smallest absolute Gasteiger partial charge is 0.343 e. The van der Waals surface area contributed by atoms with E-state index in [2.05, 4.69) is 16.8 Å². The fourth-order valence-electron chi connectivity index (χ4n) is 1.11. The summed E-state index contributed by atoms with van der Waals surface area (Å²) in [5, 5.41) is 7.07. The van der Waals surface area contributed by atoms with Crippen LogP contribution >= 0.6 is 11.8 Å². The summed E-state index contributed by atoms with van der Waals surface area (Å²) in [6.07, 6.45) is 2.58. The molecule has 0 saturated carbocycles. The molecule has 6 heteroatoms. The van der Waals surface area contributed by atoms with E-state index < -0.39 is 0 Å². The SMILES string of the molecule is C=CCSc1n[nH]c(=O)n1CCCOC. The molecule has 1 aromatic heterocycles. The van der Waals surface area contributed by atoms with Gasteiger partial charge in [-0.25, -0.2) is 9.89 Å². The summed E-state index contributed by atoms with van der Waals surface area (Å²) in [7, 11) is 1.64. The number of hydrogen-bond donors (Lipinski definition) is 1. The second-order valence-corrected chi connectivity index (χ2v) is 3.90. The molecule has 0 saturated heterocycles. The van der Waals surface area contributed by atoms with Gasteiger partial charge in [0.05, 0.1) is 0 Å². The highest BCUT2D eigenvalue weighted by Gasteiger charge is 2.06. The number of rotatable bonds is 7. The van der Waals surface area contributed by atoms with Crippen LogP contribution in [0.4, 0.5) is 0 Å².